The summed E-state index contributed by atoms with van der Waals surface area (Å²) in [6.07, 6.45) is 4.26. The van der Waals surface area contributed by atoms with Gasteiger partial charge in [-0.05, 0) is 59.7 Å². The molecular weight excluding hydrogens is 416 g/mol. The molecule has 0 fully saturated rings. The minimum Gasteiger partial charge on any atom is -0.378 e. The van der Waals surface area contributed by atoms with E-state index >= 15 is 0 Å². The second-order valence-electron chi connectivity index (χ2n) is 8.18. The molecule has 0 aromatic heterocycles. The molecule has 0 amide bonds. The standard InChI is InChI=1S/C16H17N.C14H15N3/c1-17(2)16-12-10-15(11-13-16)9-8-14-6-4-3-5-7-14;1-17(2)14-10-8-13(9-11-14)16-15-12-6-4-3-5-7-12/h3-13H,1-2H3;3-11H,1-2H3/b9-8+;16-15+. The van der Waals surface area contributed by atoms with Crippen molar-refractivity contribution >= 4 is 34.9 Å². The summed E-state index contributed by atoms with van der Waals surface area (Å²) in [6, 6.07) is 36.6. The molecule has 0 radical (unpaired) electrons. The first-order chi connectivity index (χ1) is 16.5. The van der Waals surface area contributed by atoms with Crippen molar-refractivity contribution in [1.29, 1.82) is 0 Å². The normalized spacial score (nSPS) is 10.7. The van der Waals surface area contributed by atoms with Crippen molar-refractivity contribution in [2.75, 3.05) is 38.0 Å². The fourth-order valence-electron chi connectivity index (χ4n) is 3.07. The molecule has 4 aromatic carbocycles. The SMILES string of the molecule is CN(C)c1ccc(/C=C/c2ccccc2)cc1.CN(C)c1ccc(/N=N/c2ccccc2)cc1. The molecule has 0 saturated carbocycles. The third kappa shape index (κ3) is 8.06. The number of hydrogen-bond acceptors (Lipinski definition) is 4. The van der Waals surface area contributed by atoms with Crippen molar-refractivity contribution < 1.29 is 0 Å². The largest absolute Gasteiger partial charge is 0.378 e. The van der Waals surface area contributed by atoms with Gasteiger partial charge in [0.05, 0.1) is 11.4 Å². The first-order valence-corrected chi connectivity index (χ1v) is 11.3. The van der Waals surface area contributed by atoms with Crippen LogP contribution in [0.25, 0.3) is 12.2 Å². The number of anilines is 2. The van der Waals surface area contributed by atoms with Crippen LogP contribution in [0.1, 0.15) is 11.1 Å². The number of azo groups is 1. The molecule has 0 aliphatic heterocycles. The zero-order valence-corrected chi connectivity index (χ0v) is 20.3. The fraction of sp³-hybridized carbons (Fsp3) is 0.133. The van der Waals surface area contributed by atoms with Gasteiger partial charge in [-0.25, -0.2) is 0 Å². The lowest BCUT2D eigenvalue weighted by Crippen LogP contribution is -2.07. The fourth-order valence-corrected chi connectivity index (χ4v) is 3.07. The summed E-state index contributed by atoms with van der Waals surface area (Å²) >= 11 is 0. The van der Waals surface area contributed by atoms with Crippen molar-refractivity contribution in [1.82, 2.24) is 0 Å². The monoisotopic (exact) mass is 448 g/mol. The molecular formula is C30H32N4. The van der Waals surface area contributed by atoms with Gasteiger partial charge in [0.25, 0.3) is 0 Å². The number of nitrogens with zero attached hydrogens (tertiary/aromatic N) is 4. The molecule has 4 rings (SSSR count). The van der Waals surface area contributed by atoms with E-state index in [1.165, 1.54) is 16.8 Å². The molecule has 172 valence electrons. The van der Waals surface area contributed by atoms with Gasteiger partial charge in [0.1, 0.15) is 0 Å². The molecule has 4 aromatic rings. The van der Waals surface area contributed by atoms with Crippen LogP contribution < -0.4 is 9.80 Å². The third-order valence-electron chi connectivity index (χ3n) is 5.08. The maximum atomic E-state index is 4.18. The topological polar surface area (TPSA) is 31.2 Å². The van der Waals surface area contributed by atoms with E-state index < -0.39 is 0 Å². The Hall–Kier alpha value is -4.18. The van der Waals surface area contributed by atoms with Crippen LogP contribution in [0.15, 0.2) is 119 Å². The third-order valence-corrected chi connectivity index (χ3v) is 5.08. The van der Waals surface area contributed by atoms with Crippen LogP contribution >= 0.6 is 0 Å². The van der Waals surface area contributed by atoms with E-state index in [0.29, 0.717) is 0 Å². The first kappa shape index (κ1) is 24.5. The Morgan fingerprint density at radius 2 is 0.824 bits per heavy atom. The second kappa shape index (κ2) is 12.8. The molecule has 0 aliphatic carbocycles. The van der Waals surface area contributed by atoms with E-state index in [1.54, 1.807) is 0 Å². The molecule has 0 aliphatic rings. The van der Waals surface area contributed by atoms with Crippen molar-refractivity contribution in [2.24, 2.45) is 10.2 Å². The predicted molar refractivity (Wildman–Crippen MR) is 148 cm³/mol. The van der Waals surface area contributed by atoms with Gasteiger partial charge in [0, 0.05) is 39.6 Å². The highest BCUT2D eigenvalue weighted by molar-refractivity contribution is 5.70. The number of rotatable bonds is 6. The predicted octanol–water partition coefficient (Wildman–Crippen LogP) is 8.09. The zero-order chi connectivity index (χ0) is 24.2. The van der Waals surface area contributed by atoms with Gasteiger partial charge in [-0.2, -0.15) is 10.2 Å². The van der Waals surface area contributed by atoms with E-state index in [4.69, 9.17) is 0 Å². The zero-order valence-electron chi connectivity index (χ0n) is 20.3. The summed E-state index contributed by atoms with van der Waals surface area (Å²) in [7, 11) is 8.13. The van der Waals surface area contributed by atoms with Crippen molar-refractivity contribution in [3.63, 3.8) is 0 Å². The average Bonchev–Trinajstić information content (AvgIpc) is 2.88. The Labute approximate surface area is 203 Å². The first-order valence-electron chi connectivity index (χ1n) is 11.3. The van der Waals surface area contributed by atoms with Crippen LogP contribution in [0, 0.1) is 0 Å². The van der Waals surface area contributed by atoms with E-state index in [9.17, 15) is 0 Å². The molecule has 34 heavy (non-hydrogen) atoms. The minimum atomic E-state index is 0.861. The lowest BCUT2D eigenvalue weighted by molar-refractivity contribution is 1.13. The van der Waals surface area contributed by atoms with Gasteiger partial charge in [0.2, 0.25) is 0 Å². The lowest BCUT2D eigenvalue weighted by Gasteiger charge is -2.11. The van der Waals surface area contributed by atoms with Crippen LogP contribution in [0.3, 0.4) is 0 Å². The summed E-state index contributed by atoms with van der Waals surface area (Å²) in [5, 5.41) is 8.35. The van der Waals surface area contributed by atoms with Crippen molar-refractivity contribution in [2.45, 2.75) is 0 Å². The Bertz CT molecular complexity index is 1070. The molecule has 0 bridgehead atoms. The quantitative estimate of drug-likeness (QED) is 0.220. The summed E-state index contributed by atoms with van der Waals surface area (Å²) in [4.78, 5) is 4.16. The highest BCUT2D eigenvalue weighted by Gasteiger charge is 1.95. The second-order valence-corrected chi connectivity index (χ2v) is 8.18. The van der Waals surface area contributed by atoms with Crippen LogP contribution in [0.5, 0.6) is 0 Å². The van der Waals surface area contributed by atoms with E-state index in [2.05, 4.69) is 94.8 Å². The Kier molecular flexibility index (Phi) is 9.18. The molecule has 0 atom stereocenters. The van der Waals surface area contributed by atoms with Gasteiger partial charge in [-0.1, -0.05) is 72.8 Å². The van der Waals surface area contributed by atoms with Crippen molar-refractivity contribution in [3.8, 4) is 0 Å². The summed E-state index contributed by atoms with van der Waals surface area (Å²) < 4.78 is 0. The summed E-state index contributed by atoms with van der Waals surface area (Å²) in [5.74, 6) is 0. The highest BCUT2D eigenvalue weighted by atomic mass is 15.1. The number of benzene rings is 4. The Morgan fingerprint density at radius 1 is 0.441 bits per heavy atom. The maximum absolute atomic E-state index is 4.18. The van der Waals surface area contributed by atoms with Crippen LogP contribution in [0.4, 0.5) is 22.7 Å². The Morgan fingerprint density at radius 3 is 1.29 bits per heavy atom. The molecule has 4 nitrogen and oxygen atoms in total. The van der Waals surface area contributed by atoms with Gasteiger partial charge in [-0.15, -0.1) is 0 Å². The van der Waals surface area contributed by atoms with Crippen LogP contribution in [-0.4, -0.2) is 28.2 Å². The summed E-state index contributed by atoms with van der Waals surface area (Å²) in [6.45, 7) is 0. The molecule has 4 heteroatoms. The average molecular weight is 449 g/mol. The molecule has 0 spiro atoms. The Balaban J connectivity index is 0.000000191. The minimum absolute atomic E-state index is 0.861. The van der Waals surface area contributed by atoms with Gasteiger partial charge >= 0.3 is 0 Å². The van der Waals surface area contributed by atoms with Crippen LogP contribution in [0.2, 0.25) is 0 Å². The summed E-state index contributed by atoms with van der Waals surface area (Å²) in [5.41, 5.74) is 6.55. The van der Waals surface area contributed by atoms with Crippen LogP contribution in [-0.2, 0) is 0 Å². The lowest BCUT2D eigenvalue weighted by atomic mass is 10.1. The highest BCUT2D eigenvalue weighted by Crippen LogP contribution is 2.21. The van der Waals surface area contributed by atoms with Gasteiger partial charge in [0.15, 0.2) is 0 Å². The molecule has 0 unspecified atom stereocenters. The smallest absolute Gasteiger partial charge is 0.0858 e. The number of hydrogen-bond donors (Lipinski definition) is 0. The molecule has 0 N–H and O–H groups in total. The van der Waals surface area contributed by atoms with E-state index in [0.717, 1.165) is 17.1 Å². The molecule has 0 saturated heterocycles. The van der Waals surface area contributed by atoms with Gasteiger partial charge < -0.3 is 9.80 Å². The van der Waals surface area contributed by atoms with E-state index in [-0.39, 0.29) is 0 Å². The molecule has 0 heterocycles. The van der Waals surface area contributed by atoms with Gasteiger partial charge in [-0.3, -0.25) is 0 Å². The van der Waals surface area contributed by atoms with Crippen molar-refractivity contribution in [3.05, 3.63) is 120 Å². The maximum Gasteiger partial charge on any atom is 0.0858 e. The van der Waals surface area contributed by atoms with E-state index in [1.807, 2.05) is 74.8 Å².